The summed E-state index contributed by atoms with van der Waals surface area (Å²) in [5, 5.41) is 4.26. The molecule has 0 aliphatic rings. The van der Waals surface area contributed by atoms with Crippen LogP contribution in [0, 0.1) is 6.92 Å². The standard InChI is InChI=1S/C10H14N6/c1-7-4-5-12-8(6-7)16-9(11)13-10(14-16)15(2)3/h4-6H,1-3H3,(H2,11,13,14). The largest absolute Gasteiger partial charge is 0.368 e. The topological polar surface area (TPSA) is 72.9 Å². The highest BCUT2D eigenvalue weighted by molar-refractivity contribution is 5.39. The van der Waals surface area contributed by atoms with Crippen molar-refractivity contribution in [3.63, 3.8) is 0 Å². The third-order valence-corrected chi connectivity index (χ3v) is 2.14. The fourth-order valence-corrected chi connectivity index (χ4v) is 1.31. The van der Waals surface area contributed by atoms with E-state index in [1.807, 2.05) is 33.2 Å². The van der Waals surface area contributed by atoms with Crippen molar-refractivity contribution in [2.75, 3.05) is 24.7 Å². The summed E-state index contributed by atoms with van der Waals surface area (Å²) in [6.07, 6.45) is 1.72. The number of aryl methyl sites for hydroxylation is 1. The molecule has 2 aromatic heterocycles. The van der Waals surface area contributed by atoms with Crippen molar-refractivity contribution in [2.24, 2.45) is 0 Å². The van der Waals surface area contributed by atoms with Crippen LogP contribution < -0.4 is 10.6 Å². The van der Waals surface area contributed by atoms with Gasteiger partial charge in [-0.15, -0.1) is 5.10 Å². The number of nitrogens with two attached hydrogens (primary N) is 1. The van der Waals surface area contributed by atoms with Crippen LogP contribution in [0.4, 0.5) is 11.9 Å². The molecule has 0 amide bonds. The second-order valence-electron chi connectivity index (χ2n) is 3.77. The van der Waals surface area contributed by atoms with Crippen LogP contribution in [0.25, 0.3) is 5.82 Å². The highest BCUT2D eigenvalue weighted by Crippen LogP contribution is 2.13. The Morgan fingerprint density at radius 2 is 2.12 bits per heavy atom. The number of hydrogen-bond acceptors (Lipinski definition) is 5. The second-order valence-corrected chi connectivity index (χ2v) is 3.77. The maximum Gasteiger partial charge on any atom is 0.246 e. The summed E-state index contributed by atoms with van der Waals surface area (Å²) < 4.78 is 1.53. The number of nitrogens with zero attached hydrogens (tertiary/aromatic N) is 5. The Kier molecular flexibility index (Phi) is 2.47. The van der Waals surface area contributed by atoms with Gasteiger partial charge in [-0.05, 0) is 24.6 Å². The molecule has 0 aromatic carbocycles. The summed E-state index contributed by atoms with van der Waals surface area (Å²) in [6, 6.07) is 3.83. The lowest BCUT2D eigenvalue weighted by Crippen LogP contribution is -2.11. The minimum atomic E-state index is 0.335. The molecule has 0 aliphatic heterocycles. The maximum absolute atomic E-state index is 5.78. The van der Waals surface area contributed by atoms with Gasteiger partial charge in [0.15, 0.2) is 5.82 Å². The van der Waals surface area contributed by atoms with E-state index < -0.39 is 0 Å². The van der Waals surface area contributed by atoms with Crippen molar-refractivity contribution in [3.8, 4) is 5.82 Å². The molecule has 0 saturated heterocycles. The summed E-state index contributed by atoms with van der Waals surface area (Å²) >= 11 is 0. The lowest BCUT2D eigenvalue weighted by molar-refractivity contribution is 0.844. The predicted molar refractivity (Wildman–Crippen MR) is 62.6 cm³/mol. The molecule has 0 spiro atoms. The Bertz CT molecular complexity index is 502. The molecule has 6 nitrogen and oxygen atoms in total. The van der Waals surface area contributed by atoms with E-state index >= 15 is 0 Å². The van der Waals surface area contributed by atoms with Crippen molar-refractivity contribution >= 4 is 11.9 Å². The summed E-state index contributed by atoms with van der Waals surface area (Å²) in [5.41, 5.74) is 6.89. The molecular formula is C10H14N6. The minimum absolute atomic E-state index is 0.335. The number of pyridine rings is 1. The Morgan fingerprint density at radius 1 is 1.38 bits per heavy atom. The van der Waals surface area contributed by atoms with Crippen LogP contribution >= 0.6 is 0 Å². The third kappa shape index (κ3) is 1.81. The smallest absolute Gasteiger partial charge is 0.246 e. The molecule has 0 bridgehead atoms. The van der Waals surface area contributed by atoms with Crippen molar-refractivity contribution in [3.05, 3.63) is 23.9 Å². The van der Waals surface area contributed by atoms with Crippen molar-refractivity contribution in [1.29, 1.82) is 0 Å². The first kappa shape index (κ1) is 10.4. The van der Waals surface area contributed by atoms with Crippen LogP contribution in [0.15, 0.2) is 18.3 Å². The first-order valence-electron chi connectivity index (χ1n) is 4.91. The van der Waals surface area contributed by atoms with E-state index in [0.717, 1.165) is 5.56 Å². The molecule has 6 heteroatoms. The van der Waals surface area contributed by atoms with E-state index in [1.54, 1.807) is 11.1 Å². The SMILES string of the molecule is Cc1ccnc(-n2nc(N(C)C)nc2N)c1. The summed E-state index contributed by atoms with van der Waals surface area (Å²) in [4.78, 5) is 10.1. The molecule has 2 heterocycles. The maximum atomic E-state index is 5.78. The molecule has 0 aliphatic carbocycles. The Morgan fingerprint density at radius 3 is 2.69 bits per heavy atom. The van der Waals surface area contributed by atoms with Crippen LogP contribution in [0.5, 0.6) is 0 Å². The van der Waals surface area contributed by atoms with Gasteiger partial charge in [-0.1, -0.05) is 0 Å². The lowest BCUT2D eigenvalue weighted by atomic mass is 10.3. The average Bonchev–Trinajstić information content (AvgIpc) is 2.60. The van der Waals surface area contributed by atoms with Crippen LogP contribution in [0.1, 0.15) is 5.56 Å². The van der Waals surface area contributed by atoms with E-state index in [9.17, 15) is 0 Å². The first-order chi connectivity index (χ1) is 7.58. The molecule has 2 rings (SSSR count). The second kappa shape index (κ2) is 3.80. The van der Waals surface area contributed by atoms with Gasteiger partial charge in [-0.25, -0.2) is 4.98 Å². The van der Waals surface area contributed by atoms with Gasteiger partial charge in [0.2, 0.25) is 11.9 Å². The molecule has 0 unspecified atom stereocenters. The van der Waals surface area contributed by atoms with Crippen molar-refractivity contribution in [2.45, 2.75) is 6.92 Å². The van der Waals surface area contributed by atoms with Gasteiger partial charge in [-0.3, -0.25) is 0 Å². The molecule has 0 fully saturated rings. The van der Waals surface area contributed by atoms with Gasteiger partial charge < -0.3 is 10.6 Å². The molecule has 84 valence electrons. The van der Waals surface area contributed by atoms with Crippen LogP contribution in [0.2, 0.25) is 0 Å². The van der Waals surface area contributed by atoms with Gasteiger partial charge in [0, 0.05) is 20.3 Å². The van der Waals surface area contributed by atoms with Gasteiger partial charge in [-0.2, -0.15) is 9.67 Å². The molecular weight excluding hydrogens is 204 g/mol. The fourth-order valence-electron chi connectivity index (χ4n) is 1.31. The number of nitrogen functional groups attached to an aromatic ring is 1. The molecule has 0 radical (unpaired) electrons. The van der Waals surface area contributed by atoms with Gasteiger partial charge in [0.25, 0.3) is 0 Å². The van der Waals surface area contributed by atoms with Crippen LogP contribution in [-0.2, 0) is 0 Å². The predicted octanol–water partition coefficient (Wildman–Crippen LogP) is 0.619. The van der Waals surface area contributed by atoms with E-state index in [4.69, 9.17) is 5.73 Å². The van der Waals surface area contributed by atoms with Crippen LogP contribution in [-0.4, -0.2) is 33.8 Å². The quantitative estimate of drug-likeness (QED) is 0.800. The average molecular weight is 218 g/mol. The van der Waals surface area contributed by atoms with Gasteiger partial charge in [0.1, 0.15) is 0 Å². The Labute approximate surface area is 93.7 Å². The van der Waals surface area contributed by atoms with E-state index in [1.165, 1.54) is 4.68 Å². The van der Waals surface area contributed by atoms with Crippen molar-refractivity contribution < 1.29 is 0 Å². The minimum Gasteiger partial charge on any atom is -0.368 e. The van der Waals surface area contributed by atoms with Gasteiger partial charge in [0.05, 0.1) is 0 Å². The molecule has 2 aromatic rings. The Hall–Kier alpha value is -2.11. The molecule has 16 heavy (non-hydrogen) atoms. The fraction of sp³-hybridized carbons (Fsp3) is 0.300. The summed E-state index contributed by atoms with van der Waals surface area (Å²) in [7, 11) is 3.73. The van der Waals surface area contributed by atoms with Gasteiger partial charge >= 0.3 is 0 Å². The zero-order valence-electron chi connectivity index (χ0n) is 9.55. The molecule has 2 N–H and O–H groups in total. The summed E-state index contributed by atoms with van der Waals surface area (Å²) in [5.74, 6) is 1.58. The lowest BCUT2D eigenvalue weighted by Gasteiger charge is -2.04. The monoisotopic (exact) mass is 218 g/mol. The highest BCUT2D eigenvalue weighted by Gasteiger charge is 2.10. The Balaban J connectivity index is 2.48. The molecule has 0 atom stereocenters. The van der Waals surface area contributed by atoms with Crippen molar-refractivity contribution in [1.82, 2.24) is 19.7 Å². The first-order valence-corrected chi connectivity index (χ1v) is 4.91. The number of anilines is 2. The zero-order valence-corrected chi connectivity index (χ0v) is 9.55. The van der Waals surface area contributed by atoms with Crippen LogP contribution in [0.3, 0.4) is 0 Å². The third-order valence-electron chi connectivity index (χ3n) is 2.14. The molecule has 0 saturated carbocycles. The number of aromatic nitrogens is 4. The van der Waals surface area contributed by atoms with E-state index in [2.05, 4.69) is 15.1 Å². The zero-order chi connectivity index (χ0) is 11.7. The highest BCUT2D eigenvalue weighted by atomic mass is 15.5. The summed E-state index contributed by atoms with van der Waals surface area (Å²) in [6.45, 7) is 1.99. The van der Waals surface area contributed by atoms with E-state index in [0.29, 0.717) is 17.7 Å². The number of rotatable bonds is 2. The number of hydrogen-bond donors (Lipinski definition) is 1. The normalized spacial score (nSPS) is 10.4. The van der Waals surface area contributed by atoms with E-state index in [-0.39, 0.29) is 0 Å².